The first-order valence-electron chi connectivity index (χ1n) is 5.88. The number of hydrogen-bond donors (Lipinski definition) is 0. The van der Waals surface area contributed by atoms with Crippen LogP contribution in [0.4, 0.5) is 0 Å². The van der Waals surface area contributed by atoms with Crippen LogP contribution in [0.1, 0.15) is 5.56 Å². The van der Waals surface area contributed by atoms with Crippen molar-refractivity contribution in [1.29, 1.82) is 0 Å². The van der Waals surface area contributed by atoms with Crippen molar-refractivity contribution in [2.24, 2.45) is 0 Å². The molecule has 0 aliphatic carbocycles. The lowest BCUT2D eigenvalue weighted by atomic mass is 10.1. The summed E-state index contributed by atoms with van der Waals surface area (Å²) in [5.41, 5.74) is 4.08. The molecule has 2 heterocycles. The van der Waals surface area contributed by atoms with Gasteiger partial charge in [0.2, 0.25) is 5.88 Å². The molecular weight excluding hydrogens is 304 g/mol. The summed E-state index contributed by atoms with van der Waals surface area (Å²) in [7, 11) is 1.67. The zero-order chi connectivity index (χ0) is 12.5. The summed E-state index contributed by atoms with van der Waals surface area (Å²) < 4.78 is 7.44. The standard InChI is InChI=1S/C15H14N2O.BrH/c1-11-6-8-12(9-7-11)14-15(18-2)17-10-4-3-5-13(17)16-14;/h3-10H,1-2H3;1H. The Morgan fingerprint density at radius 2 is 1.79 bits per heavy atom. The Balaban J connectivity index is 0.00000133. The fourth-order valence-corrected chi connectivity index (χ4v) is 2.07. The number of methoxy groups -OCH3 is 1. The van der Waals surface area contributed by atoms with Gasteiger partial charge < -0.3 is 4.74 Å². The summed E-state index contributed by atoms with van der Waals surface area (Å²) in [4.78, 5) is 4.62. The van der Waals surface area contributed by atoms with E-state index in [1.54, 1.807) is 7.11 Å². The minimum absolute atomic E-state index is 0. The van der Waals surface area contributed by atoms with E-state index >= 15 is 0 Å². The average Bonchev–Trinajstić information content (AvgIpc) is 2.78. The van der Waals surface area contributed by atoms with Crippen molar-refractivity contribution in [2.75, 3.05) is 7.11 Å². The van der Waals surface area contributed by atoms with E-state index in [4.69, 9.17) is 4.74 Å². The molecule has 1 aromatic carbocycles. The van der Waals surface area contributed by atoms with E-state index in [9.17, 15) is 0 Å². The number of ether oxygens (including phenoxy) is 1. The Labute approximate surface area is 122 Å². The van der Waals surface area contributed by atoms with Crippen LogP contribution in [0.25, 0.3) is 16.9 Å². The number of benzene rings is 1. The van der Waals surface area contributed by atoms with Crippen molar-refractivity contribution in [3.63, 3.8) is 0 Å². The summed E-state index contributed by atoms with van der Waals surface area (Å²) in [6.07, 6.45) is 1.96. The molecule has 4 heteroatoms. The van der Waals surface area contributed by atoms with Gasteiger partial charge in [-0.1, -0.05) is 35.9 Å². The maximum absolute atomic E-state index is 5.48. The second-order valence-electron chi connectivity index (χ2n) is 4.26. The lowest BCUT2D eigenvalue weighted by Crippen LogP contribution is -1.91. The molecule has 0 aliphatic rings. The number of nitrogens with zero attached hydrogens (tertiary/aromatic N) is 2. The van der Waals surface area contributed by atoms with Crippen LogP contribution in [0.15, 0.2) is 48.7 Å². The van der Waals surface area contributed by atoms with Crippen LogP contribution in [0.3, 0.4) is 0 Å². The number of hydrogen-bond acceptors (Lipinski definition) is 2. The maximum atomic E-state index is 5.48. The largest absolute Gasteiger partial charge is 0.480 e. The Bertz CT molecular complexity index is 689. The molecule has 98 valence electrons. The molecule has 2 aromatic heterocycles. The van der Waals surface area contributed by atoms with Gasteiger partial charge in [0.15, 0.2) is 0 Å². The van der Waals surface area contributed by atoms with Crippen molar-refractivity contribution in [1.82, 2.24) is 9.38 Å². The highest BCUT2D eigenvalue weighted by Gasteiger charge is 2.13. The van der Waals surface area contributed by atoms with Gasteiger partial charge in [-0.25, -0.2) is 4.98 Å². The lowest BCUT2D eigenvalue weighted by molar-refractivity contribution is 0.396. The highest BCUT2D eigenvalue weighted by molar-refractivity contribution is 8.93. The smallest absolute Gasteiger partial charge is 0.226 e. The van der Waals surface area contributed by atoms with Gasteiger partial charge in [-0.05, 0) is 19.1 Å². The van der Waals surface area contributed by atoms with E-state index in [1.165, 1.54) is 5.56 Å². The number of imidazole rings is 1. The highest BCUT2D eigenvalue weighted by atomic mass is 79.9. The number of aryl methyl sites for hydroxylation is 1. The van der Waals surface area contributed by atoms with Gasteiger partial charge in [-0.2, -0.15) is 0 Å². The van der Waals surface area contributed by atoms with E-state index in [0.29, 0.717) is 0 Å². The fourth-order valence-electron chi connectivity index (χ4n) is 2.07. The van der Waals surface area contributed by atoms with Crippen molar-refractivity contribution >= 4 is 22.6 Å². The molecule has 0 atom stereocenters. The van der Waals surface area contributed by atoms with Crippen LogP contribution in [-0.2, 0) is 0 Å². The molecule has 0 aliphatic heterocycles. The van der Waals surface area contributed by atoms with E-state index in [0.717, 1.165) is 22.8 Å². The molecule has 3 nitrogen and oxygen atoms in total. The topological polar surface area (TPSA) is 26.5 Å². The third kappa shape index (κ3) is 2.36. The van der Waals surface area contributed by atoms with Crippen molar-refractivity contribution in [3.05, 3.63) is 54.2 Å². The van der Waals surface area contributed by atoms with Gasteiger partial charge >= 0.3 is 0 Å². The number of aromatic nitrogens is 2. The second kappa shape index (κ2) is 5.45. The van der Waals surface area contributed by atoms with Gasteiger partial charge in [-0.15, -0.1) is 17.0 Å². The van der Waals surface area contributed by atoms with Crippen molar-refractivity contribution in [3.8, 4) is 17.1 Å². The molecule has 0 N–H and O–H groups in total. The van der Waals surface area contributed by atoms with Gasteiger partial charge in [0.05, 0.1) is 7.11 Å². The molecule has 0 radical (unpaired) electrons. The molecule has 0 saturated carbocycles. The fraction of sp³-hybridized carbons (Fsp3) is 0.133. The molecule has 0 fully saturated rings. The molecular formula is C15H15BrN2O. The first-order valence-corrected chi connectivity index (χ1v) is 5.88. The van der Waals surface area contributed by atoms with E-state index < -0.39 is 0 Å². The summed E-state index contributed by atoms with van der Waals surface area (Å²) in [6.45, 7) is 2.07. The normalized spacial score (nSPS) is 10.2. The molecule has 0 bridgehead atoms. The minimum atomic E-state index is 0. The molecule has 0 unspecified atom stereocenters. The summed E-state index contributed by atoms with van der Waals surface area (Å²) in [6, 6.07) is 14.2. The first-order chi connectivity index (χ1) is 8.79. The number of rotatable bonds is 2. The number of fused-ring (bicyclic) bond motifs is 1. The number of pyridine rings is 1. The van der Waals surface area contributed by atoms with Gasteiger partial charge in [0.1, 0.15) is 11.3 Å². The van der Waals surface area contributed by atoms with E-state index in [1.807, 2.05) is 28.8 Å². The lowest BCUT2D eigenvalue weighted by Gasteiger charge is -2.03. The van der Waals surface area contributed by atoms with E-state index in [-0.39, 0.29) is 17.0 Å². The molecule has 0 spiro atoms. The third-order valence-corrected chi connectivity index (χ3v) is 3.00. The molecule has 3 aromatic rings. The SMILES string of the molecule is Br.COc1c(-c2ccc(C)cc2)nc2ccccn12. The average molecular weight is 319 g/mol. The number of halogens is 1. The van der Waals surface area contributed by atoms with Gasteiger partial charge in [0.25, 0.3) is 0 Å². The Morgan fingerprint density at radius 3 is 2.47 bits per heavy atom. The molecule has 0 saturated heterocycles. The highest BCUT2D eigenvalue weighted by Crippen LogP contribution is 2.30. The van der Waals surface area contributed by atoms with Gasteiger partial charge in [-0.3, -0.25) is 4.40 Å². The Hall–Kier alpha value is -1.81. The zero-order valence-electron chi connectivity index (χ0n) is 10.8. The van der Waals surface area contributed by atoms with Crippen LogP contribution >= 0.6 is 17.0 Å². The predicted octanol–water partition coefficient (Wildman–Crippen LogP) is 3.90. The Morgan fingerprint density at radius 1 is 1.05 bits per heavy atom. The van der Waals surface area contributed by atoms with Gasteiger partial charge in [0, 0.05) is 11.8 Å². The van der Waals surface area contributed by atoms with Crippen molar-refractivity contribution in [2.45, 2.75) is 6.92 Å². The van der Waals surface area contributed by atoms with Crippen LogP contribution < -0.4 is 4.74 Å². The second-order valence-corrected chi connectivity index (χ2v) is 4.26. The molecule has 0 amide bonds. The van der Waals surface area contributed by atoms with Crippen molar-refractivity contribution < 1.29 is 4.74 Å². The summed E-state index contributed by atoms with van der Waals surface area (Å²) in [5.74, 6) is 0.773. The van der Waals surface area contributed by atoms with Crippen LogP contribution in [-0.4, -0.2) is 16.5 Å². The van der Waals surface area contributed by atoms with E-state index in [2.05, 4.69) is 36.2 Å². The first kappa shape index (κ1) is 13.6. The molecule has 3 rings (SSSR count). The quantitative estimate of drug-likeness (QED) is 0.716. The minimum Gasteiger partial charge on any atom is -0.480 e. The Kier molecular flexibility index (Phi) is 3.90. The van der Waals surface area contributed by atoms with Crippen LogP contribution in [0.2, 0.25) is 0 Å². The summed E-state index contributed by atoms with van der Waals surface area (Å²) >= 11 is 0. The maximum Gasteiger partial charge on any atom is 0.226 e. The third-order valence-electron chi connectivity index (χ3n) is 3.00. The van der Waals surface area contributed by atoms with Crippen LogP contribution in [0, 0.1) is 6.92 Å². The monoisotopic (exact) mass is 318 g/mol. The predicted molar refractivity (Wildman–Crippen MR) is 82.2 cm³/mol. The summed E-state index contributed by atoms with van der Waals surface area (Å²) in [5, 5.41) is 0. The molecule has 19 heavy (non-hydrogen) atoms. The van der Waals surface area contributed by atoms with Crippen LogP contribution in [0.5, 0.6) is 5.88 Å². The zero-order valence-corrected chi connectivity index (χ0v) is 12.5.